The van der Waals surface area contributed by atoms with Crippen LogP contribution >= 0.6 is 11.3 Å². The summed E-state index contributed by atoms with van der Waals surface area (Å²) in [5.41, 5.74) is 1.54. The molecular formula is C15H11N3OS. The summed E-state index contributed by atoms with van der Waals surface area (Å²) in [5, 5.41) is 10.4. The molecule has 0 atom stereocenters. The molecule has 0 bridgehead atoms. The number of rotatable bonds is 4. The Hall–Kier alpha value is -2.53. The van der Waals surface area contributed by atoms with Gasteiger partial charge in [-0.1, -0.05) is 24.3 Å². The summed E-state index contributed by atoms with van der Waals surface area (Å²) < 4.78 is 0. The van der Waals surface area contributed by atoms with E-state index in [0.29, 0.717) is 5.69 Å². The van der Waals surface area contributed by atoms with Crippen molar-refractivity contribution in [2.45, 2.75) is 0 Å². The summed E-state index contributed by atoms with van der Waals surface area (Å²) in [4.78, 5) is 14.1. The molecule has 1 aromatic carbocycles. The summed E-state index contributed by atoms with van der Waals surface area (Å²) >= 11 is 1.43. The predicted octanol–water partition coefficient (Wildman–Crippen LogP) is 3.22. The summed E-state index contributed by atoms with van der Waals surface area (Å²) in [5.74, 6) is -0.0192. The molecule has 0 amide bonds. The van der Waals surface area contributed by atoms with E-state index in [1.54, 1.807) is 18.3 Å². The Morgan fingerprint density at radius 3 is 2.75 bits per heavy atom. The van der Waals surface area contributed by atoms with Crippen LogP contribution in [0.15, 0.2) is 60.1 Å². The predicted molar refractivity (Wildman–Crippen MR) is 79.0 cm³/mol. The maximum absolute atomic E-state index is 11.8. The highest BCUT2D eigenvalue weighted by Crippen LogP contribution is 2.11. The van der Waals surface area contributed by atoms with Crippen LogP contribution in [0.4, 0.5) is 0 Å². The first-order valence-electron chi connectivity index (χ1n) is 6.06. The van der Waals surface area contributed by atoms with Crippen LogP contribution in [0.2, 0.25) is 0 Å². The second-order valence-corrected chi connectivity index (χ2v) is 5.02. The normalized spacial score (nSPS) is 11.0. The lowest BCUT2D eigenvalue weighted by atomic mass is 10.3. The number of hydrogen-bond acceptors (Lipinski definition) is 4. The van der Waals surface area contributed by atoms with Crippen molar-refractivity contribution in [2.24, 2.45) is 0 Å². The molecule has 0 radical (unpaired) electrons. The zero-order chi connectivity index (χ0) is 13.8. The Labute approximate surface area is 120 Å². The Morgan fingerprint density at radius 1 is 1.15 bits per heavy atom. The number of carbonyl (C=O) groups is 1. The van der Waals surface area contributed by atoms with Gasteiger partial charge in [-0.15, -0.1) is 16.4 Å². The first kappa shape index (κ1) is 12.5. The Balaban J connectivity index is 1.76. The molecule has 4 nitrogen and oxygen atoms in total. The highest BCUT2D eigenvalue weighted by molar-refractivity contribution is 7.12. The monoisotopic (exact) mass is 281 g/mol. The Morgan fingerprint density at radius 2 is 2.00 bits per heavy atom. The fourth-order valence-electron chi connectivity index (χ4n) is 1.70. The number of benzene rings is 1. The van der Waals surface area contributed by atoms with Crippen LogP contribution in [-0.4, -0.2) is 20.8 Å². The fraction of sp³-hybridized carbons (Fsp3) is 0. The number of para-hydroxylation sites is 1. The summed E-state index contributed by atoms with van der Waals surface area (Å²) in [6.07, 6.45) is 4.82. The van der Waals surface area contributed by atoms with Gasteiger partial charge in [0.05, 0.1) is 16.8 Å². The molecule has 0 saturated heterocycles. The third kappa shape index (κ3) is 2.73. The van der Waals surface area contributed by atoms with Gasteiger partial charge in [-0.3, -0.25) is 4.79 Å². The molecule has 3 aromatic rings. The quantitative estimate of drug-likeness (QED) is 0.545. The molecule has 0 aliphatic rings. The van der Waals surface area contributed by atoms with E-state index < -0.39 is 0 Å². The van der Waals surface area contributed by atoms with E-state index >= 15 is 0 Å². The Bertz CT molecular complexity index is 730. The number of aromatic nitrogens is 3. The second kappa shape index (κ2) is 5.63. The zero-order valence-corrected chi connectivity index (χ0v) is 11.3. The molecule has 3 rings (SSSR count). The van der Waals surface area contributed by atoms with Gasteiger partial charge in [-0.25, -0.2) is 0 Å². The van der Waals surface area contributed by atoms with Gasteiger partial charge in [0, 0.05) is 0 Å². The van der Waals surface area contributed by atoms with Crippen molar-refractivity contribution in [1.29, 1.82) is 0 Å². The molecule has 5 heteroatoms. The molecule has 0 saturated carbocycles. The van der Waals surface area contributed by atoms with Crippen molar-refractivity contribution in [3.8, 4) is 5.69 Å². The van der Waals surface area contributed by atoms with Crippen molar-refractivity contribution < 1.29 is 4.79 Å². The average Bonchev–Trinajstić information content (AvgIpc) is 3.17. The van der Waals surface area contributed by atoms with Gasteiger partial charge in [-0.05, 0) is 35.7 Å². The van der Waals surface area contributed by atoms with Gasteiger partial charge in [-0.2, -0.15) is 9.90 Å². The first-order valence-corrected chi connectivity index (χ1v) is 6.94. The highest BCUT2D eigenvalue weighted by atomic mass is 32.1. The molecule has 0 fully saturated rings. The average molecular weight is 281 g/mol. The largest absolute Gasteiger partial charge is 0.288 e. The molecule has 0 aliphatic carbocycles. The SMILES string of the molecule is O=C(/C=C/c1cnn(-c2ccccc2)n1)c1cccs1. The standard InChI is InChI=1S/C15H11N3OS/c19-14(15-7-4-10-20-15)9-8-12-11-16-18(17-12)13-5-2-1-3-6-13/h1-11H/b9-8+. The zero-order valence-electron chi connectivity index (χ0n) is 10.5. The van der Waals surface area contributed by atoms with Crippen molar-refractivity contribution >= 4 is 23.2 Å². The van der Waals surface area contributed by atoms with Gasteiger partial charge in [0.25, 0.3) is 0 Å². The third-order valence-corrected chi connectivity index (χ3v) is 3.55. The number of ketones is 1. The second-order valence-electron chi connectivity index (χ2n) is 4.07. The van der Waals surface area contributed by atoms with Gasteiger partial charge in [0.15, 0.2) is 5.78 Å². The number of carbonyl (C=O) groups excluding carboxylic acids is 1. The lowest BCUT2D eigenvalue weighted by Crippen LogP contribution is -1.97. The van der Waals surface area contributed by atoms with E-state index in [2.05, 4.69) is 10.2 Å². The van der Waals surface area contributed by atoms with E-state index in [0.717, 1.165) is 10.6 Å². The molecule has 98 valence electrons. The number of nitrogens with zero attached hydrogens (tertiary/aromatic N) is 3. The number of thiophene rings is 1. The maximum atomic E-state index is 11.8. The van der Waals surface area contributed by atoms with Crippen LogP contribution in [0.5, 0.6) is 0 Å². The molecule has 2 heterocycles. The summed E-state index contributed by atoms with van der Waals surface area (Å²) in [7, 11) is 0. The smallest absolute Gasteiger partial charge is 0.195 e. The van der Waals surface area contributed by atoms with Gasteiger partial charge >= 0.3 is 0 Å². The maximum Gasteiger partial charge on any atom is 0.195 e. The van der Waals surface area contributed by atoms with Crippen molar-refractivity contribution in [3.63, 3.8) is 0 Å². The number of allylic oxidation sites excluding steroid dienone is 1. The van der Waals surface area contributed by atoms with Crippen LogP contribution in [0.3, 0.4) is 0 Å². The van der Waals surface area contributed by atoms with E-state index in [4.69, 9.17) is 0 Å². The minimum Gasteiger partial charge on any atom is -0.288 e. The summed E-state index contributed by atoms with van der Waals surface area (Å²) in [6, 6.07) is 13.3. The minimum absolute atomic E-state index is 0.0192. The van der Waals surface area contributed by atoms with E-state index in [-0.39, 0.29) is 5.78 Å². The van der Waals surface area contributed by atoms with E-state index in [9.17, 15) is 4.79 Å². The molecule has 0 N–H and O–H groups in total. The Kier molecular flexibility index (Phi) is 3.52. The summed E-state index contributed by atoms with van der Waals surface area (Å²) in [6.45, 7) is 0. The van der Waals surface area contributed by atoms with Crippen molar-refractivity contribution in [2.75, 3.05) is 0 Å². The van der Waals surface area contributed by atoms with Crippen LogP contribution < -0.4 is 0 Å². The van der Waals surface area contributed by atoms with E-state index in [1.165, 1.54) is 22.2 Å². The first-order chi connectivity index (χ1) is 9.83. The van der Waals surface area contributed by atoms with Gasteiger partial charge < -0.3 is 0 Å². The molecule has 0 spiro atoms. The lowest BCUT2D eigenvalue weighted by Gasteiger charge is -1.96. The third-order valence-electron chi connectivity index (χ3n) is 2.67. The molecule has 20 heavy (non-hydrogen) atoms. The molecular weight excluding hydrogens is 270 g/mol. The van der Waals surface area contributed by atoms with Crippen LogP contribution in [0, 0.1) is 0 Å². The lowest BCUT2D eigenvalue weighted by molar-refractivity contribution is 0.105. The molecule has 0 unspecified atom stereocenters. The molecule has 2 aromatic heterocycles. The van der Waals surface area contributed by atoms with Gasteiger partial charge in [0.1, 0.15) is 5.69 Å². The highest BCUT2D eigenvalue weighted by Gasteiger charge is 2.03. The molecule has 0 aliphatic heterocycles. The van der Waals surface area contributed by atoms with Crippen LogP contribution in [-0.2, 0) is 0 Å². The minimum atomic E-state index is -0.0192. The van der Waals surface area contributed by atoms with Crippen molar-refractivity contribution in [1.82, 2.24) is 15.0 Å². The number of hydrogen-bond donors (Lipinski definition) is 0. The fourth-order valence-corrected chi connectivity index (χ4v) is 2.34. The van der Waals surface area contributed by atoms with Crippen molar-refractivity contribution in [3.05, 3.63) is 70.7 Å². The van der Waals surface area contributed by atoms with E-state index in [1.807, 2.05) is 41.8 Å². The van der Waals surface area contributed by atoms with Crippen LogP contribution in [0.1, 0.15) is 15.4 Å². The topological polar surface area (TPSA) is 47.8 Å². The van der Waals surface area contributed by atoms with Gasteiger partial charge in [0.2, 0.25) is 0 Å². The van der Waals surface area contributed by atoms with Crippen LogP contribution in [0.25, 0.3) is 11.8 Å².